The van der Waals surface area contributed by atoms with Crippen molar-refractivity contribution in [2.75, 3.05) is 45.2 Å². The Kier molecular flexibility index (Phi) is 49.6. The van der Waals surface area contributed by atoms with E-state index in [4.69, 9.17) is 0 Å². The van der Waals surface area contributed by atoms with E-state index in [1.54, 1.807) is 0 Å². The van der Waals surface area contributed by atoms with E-state index in [2.05, 4.69) is 160 Å². The van der Waals surface area contributed by atoms with Crippen molar-refractivity contribution in [2.45, 2.75) is 52.9 Å². The first-order chi connectivity index (χ1) is 13.3. The van der Waals surface area contributed by atoms with Crippen LogP contribution < -0.4 is 0 Å². The first-order valence-corrected chi connectivity index (χ1v) is 34.1. The Morgan fingerprint density at radius 3 is 1.71 bits per heavy atom. The van der Waals surface area contributed by atoms with Crippen LogP contribution in [0, 0.1) is 5.92 Å². The van der Waals surface area contributed by atoms with Crippen LogP contribution in [0.2, 0.25) is 0 Å². The second-order valence-corrected chi connectivity index (χ2v) is 53.2. The van der Waals surface area contributed by atoms with Crippen LogP contribution in [0.5, 0.6) is 0 Å². The normalized spacial score (nSPS) is 18.9. The summed E-state index contributed by atoms with van der Waals surface area (Å²) >= 11 is 14.3. The van der Waals surface area contributed by atoms with Gasteiger partial charge in [-0.25, -0.2) is 0 Å². The molecule has 1 unspecified atom stereocenters. The molecule has 2 rings (SSSR count). The van der Waals surface area contributed by atoms with E-state index in [0.29, 0.717) is 9.47 Å². The van der Waals surface area contributed by atoms with Gasteiger partial charge in [-0.15, -0.1) is 0 Å². The minimum absolute atomic E-state index is 0.278. The van der Waals surface area contributed by atoms with Crippen LogP contribution in [0.4, 0.5) is 0 Å². The Hall–Kier alpha value is 5.21. The summed E-state index contributed by atoms with van der Waals surface area (Å²) in [5.74, 6) is 0.990. The molecule has 0 amide bonds. The van der Waals surface area contributed by atoms with Crippen molar-refractivity contribution >= 4 is 122 Å². The third-order valence-corrected chi connectivity index (χ3v) is 3.86. The van der Waals surface area contributed by atoms with Crippen LogP contribution in [-0.4, -0.2) is 55.0 Å². The number of alkyl halides is 1. The molecular formula is C18H39I6N2V2. The Morgan fingerprint density at radius 2 is 1.46 bits per heavy atom. The van der Waals surface area contributed by atoms with Crippen molar-refractivity contribution in [1.29, 1.82) is 0 Å². The minimum atomic E-state index is -0.278. The van der Waals surface area contributed by atoms with Gasteiger partial charge in [0.2, 0.25) is 0 Å². The predicted octanol–water partition coefficient (Wildman–Crippen LogP) is 9.51. The Balaban J connectivity index is -0.000000139. The van der Waals surface area contributed by atoms with E-state index >= 15 is 0 Å². The maximum atomic E-state index is 3.92. The van der Waals surface area contributed by atoms with Gasteiger partial charge in [0.25, 0.3) is 0 Å². The fraction of sp³-hybridized carbons (Fsp3) is 0.889. The van der Waals surface area contributed by atoms with Crippen LogP contribution in [-0.2, 0) is 14.4 Å². The van der Waals surface area contributed by atoms with Crippen molar-refractivity contribution in [3.8, 4) is 0 Å². The summed E-state index contributed by atoms with van der Waals surface area (Å²) in [6.45, 7) is 15.2. The number of rotatable bonds is 1. The Morgan fingerprint density at radius 1 is 1.04 bits per heavy atom. The molecule has 0 radical (unpaired) electrons. The molecular weight excluding hydrogens is 1110 g/mol. The molecule has 2 aliphatic rings. The molecule has 173 valence electrons. The van der Waals surface area contributed by atoms with Crippen molar-refractivity contribution in [3.63, 3.8) is 0 Å². The number of piperidine rings is 2. The van der Waals surface area contributed by atoms with Crippen LogP contribution in [0.15, 0.2) is 12.2 Å². The molecule has 0 saturated carbocycles. The fourth-order valence-corrected chi connectivity index (χ4v) is 2.75. The van der Waals surface area contributed by atoms with E-state index in [1.165, 1.54) is 57.3 Å². The quantitative estimate of drug-likeness (QED) is 0.147. The third-order valence-electron chi connectivity index (χ3n) is 3.86. The van der Waals surface area contributed by atoms with E-state index < -0.39 is 0 Å². The van der Waals surface area contributed by atoms with Crippen LogP contribution in [0.1, 0.15) is 52.9 Å². The number of hydrogen-bond donors (Lipinski definition) is 0. The molecule has 0 aromatic carbocycles. The molecule has 10 heteroatoms. The number of nitrogens with zero attached hydrogens (tertiary/aromatic N) is 2. The first kappa shape index (κ1) is 40.4. The van der Waals surface area contributed by atoms with Crippen molar-refractivity contribution in [1.82, 2.24) is 9.80 Å². The Labute approximate surface area is 257 Å². The molecule has 0 N–H and O–H groups in total. The molecule has 2 nitrogen and oxygen atoms in total. The third kappa shape index (κ3) is 38.5. The number of hydrogen-bond acceptors (Lipinski definition) is 2. The predicted molar refractivity (Wildman–Crippen MR) is 178 cm³/mol. The number of halogens is 6. The van der Waals surface area contributed by atoms with E-state index in [-0.39, 0.29) is 4.92 Å². The van der Waals surface area contributed by atoms with Gasteiger partial charge in [0.1, 0.15) is 0 Å². The monoisotopic (exact) mass is 1150 g/mol. The molecule has 0 bridgehead atoms. The summed E-state index contributed by atoms with van der Waals surface area (Å²) in [6.07, 6.45) is 6.78. The molecule has 0 aliphatic carbocycles. The van der Waals surface area contributed by atoms with Gasteiger partial charge in [-0.3, -0.25) is 0 Å². The molecule has 2 aliphatic heterocycles. The average Bonchev–Trinajstić information content (AvgIpc) is 2.65. The molecule has 0 aromatic rings. The van der Waals surface area contributed by atoms with Crippen molar-refractivity contribution in [2.24, 2.45) is 5.92 Å². The second-order valence-electron chi connectivity index (χ2n) is 6.03. The topological polar surface area (TPSA) is 6.48 Å². The van der Waals surface area contributed by atoms with Gasteiger partial charge < -0.3 is 9.80 Å². The SMILES string of the molecule is C=C1CCCN(C)C1.CC.CCC1CCCN(C)C1.CI.[I][V]([I])[I].[I][V][I]. The van der Waals surface area contributed by atoms with Crippen LogP contribution in [0.25, 0.3) is 0 Å². The van der Waals surface area contributed by atoms with E-state index in [9.17, 15) is 0 Å². The number of likely N-dealkylation sites (N-methyl/N-ethyl adjacent to an activating group) is 1. The molecule has 2 fully saturated rings. The molecule has 0 aromatic heterocycles. The number of likely N-dealkylation sites (tertiary alicyclic amines) is 2. The van der Waals surface area contributed by atoms with Gasteiger partial charge in [0.05, 0.1) is 0 Å². The molecule has 2 saturated heterocycles. The summed E-state index contributed by atoms with van der Waals surface area (Å²) in [7, 11) is 4.99. The second kappa shape index (κ2) is 34.4. The first-order valence-electron chi connectivity index (χ1n) is 9.37. The zero-order chi connectivity index (χ0) is 23.0. The summed E-state index contributed by atoms with van der Waals surface area (Å²) < 4.78 is 0. The van der Waals surface area contributed by atoms with Crippen molar-refractivity contribution in [3.05, 3.63) is 12.2 Å². The summed E-state index contributed by atoms with van der Waals surface area (Å²) in [4.78, 5) is 6.45. The van der Waals surface area contributed by atoms with Gasteiger partial charge in [-0.2, -0.15) is 0 Å². The van der Waals surface area contributed by atoms with Gasteiger partial charge in [-0.1, -0.05) is 61.9 Å². The van der Waals surface area contributed by atoms with E-state index in [1.807, 2.05) is 18.8 Å². The zero-order valence-electron chi connectivity index (χ0n) is 18.2. The zero-order valence-corrected chi connectivity index (χ0v) is 33.9. The average molecular weight is 1150 g/mol. The summed E-state index contributed by atoms with van der Waals surface area (Å²) in [5, 5.41) is 0. The fourth-order valence-electron chi connectivity index (χ4n) is 2.75. The van der Waals surface area contributed by atoms with Gasteiger partial charge in [-0.05, 0) is 63.7 Å². The van der Waals surface area contributed by atoms with Crippen molar-refractivity contribution < 1.29 is 14.4 Å². The molecule has 1 atom stereocenters. The van der Waals surface area contributed by atoms with Crippen LogP contribution >= 0.6 is 122 Å². The van der Waals surface area contributed by atoms with Gasteiger partial charge in [0, 0.05) is 13.1 Å². The maximum absolute atomic E-state index is 3.92. The van der Waals surface area contributed by atoms with Gasteiger partial charge >= 0.3 is 114 Å². The summed E-state index contributed by atoms with van der Waals surface area (Å²) in [6, 6.07) is 0. The molecule has 2 heterocycles. The van der Waals surface area contributed by atoms with Crippen LogP contribution in [0.3, 0.4) is 0 Å². The van der Waals surface area contributed by atoms with E-state index in [0.717, 1.165) is 12.5 Å². The Bertz CT molecular complexity index is 300. The van der Waals surface area contributed by atoms with Gasteiger partial charge in [0.15, 0.2) is 0 Å². The summed E-state index contributed by atoms with van der Waals surface area (Å²) in [5.41, 5.74) is 1.39. The molecule has 28 heavy (non-hydrogen) atoms. The standard InChI is InChI=1S/C8H17N.C7H13N.C2H6.CH3I.5HI.2V/c1-3-8-5-4-6-9(2)7-8;1-7-4-3-5-8(2)6-7;2*1-2;;;;;;;/h8H,3-7H2,1-2H3;1,3-6H2,2H3;1-2H3;1H3;5*1H;;/q;;;;;;;;;+2;+3/p-5. The molecule has 0 spiro atoms.